The van der Waals surface area contributed by atoms with Crippen LogP contribution in [0.5, 0.6) is 0 Å². The minimum absolute atomic E-state index is 0.570. The van der Waals surface area contributed by atoms with Gasteiger partial charge < -0.3 is 14.7 Å². The van der Waals surface area contributed by atoms with E-state index in [1.54, 1.807) is 23.5 Å². The van der Waals surface area contributed by atoms with Crippen LogP contribution in [0.2, 0.25) is 0 Å². The van der Waals surface area contributed by atoms with E-state index in [9.17, 15) is 10.0 Å². The largest absolute Gasteiger partial charge is 0.635 e. The van der Waals surface area contributed by atoms with Crippen molar-refractivity contribution < 1.29 is 14.7 Å². The van der Waals surface area contributed by atoms with E-state index in [4.69, 9.17) is 4.65 Å². The average Bonchev–Trinajstić information content (AvgIpc) is 2.42. The SMILES string of the molecule is CC(C)CCSCC(OB(O)O)(SCCC(C)C)SCCC(C)C. The second kappa shape index (κ2) is 14.1. The molecule has 144 valence electrons. The normalized spacial score (nSPS) is 12.6. The lowest BCUT2D eigenvalue weighted by molar-refractivity contribution is 0.163. The monoisotopic (exact) mass is 396 g/mol. The molecule has 0 aliphatic carbocycles. The van der Waals surface area contributed by atoms with Crippen LogP contribution in [0.4, 0.5) is 0 Å². The Morgan fingerprint density at radius 3 is 1.58 bits per heavy atom. The molecule has 0 spiro atoms. The zero-order valence-corrected chi connectivity index (χ0v) is 18.7. The zero-order chi connectivity index (χ0) is 18.6. The summed E-state index contributed by atoms with van der Waals surface area (Å²) >= 11 is 5.33. The fourth-order valence-corrected chi connectivity index (χ4v) is 7.01. The van der Waals surface area contributed by atoms with E-state index in [1.807, 2.05) is 11.8 Å². The van der Waals surface area contributed by atoms with Gasteiger partial charge in [0.15, 0.2) is 4.27 Å². The second-order valence-electron chi connectivity index (χ2n) is 7.42. The van der Waals surface area contributed by atoms with Crippen LogP contribution >= 0.6 is 35.3 Å². The Hall–Kier alpha value is 0.995. The van der Waals surface area contributed by atoms with Crippen LogP contribution in [0, 0.1) is 17.8 Å². The van der Waals surface area contributed by atoms with E-state index in [1.165, 1.54) is 6.42 Å². The standard InChI is InChI=1S/C17H37BO3S3/c1-14(2)7-10-22-13-17(21-18(19)20,23-11-8-15(3)4)24-12-9-16(5)6/h14-16,19-20H,7-13H2,1-6H3. The van der Waals surface area contributed by atoms with E-state index in [0.717, 1.165) is 35.9 Å². The number of rotatable bonds is 15. The van der Waals surface area contributed by atoms with Gasteiger partial charge in [0, 0.05) is 5.75 Å². The maximum absolute atomic E-state index is 9.45. The molecule has 0 aromatic rings. The third-order valence-corrected chi connectivity index (χ3v) is 7.89. The molecule has 0 aliphatic rings. The van der Waals surface area contributed by atoms with Crippen molar-refractivity contribution in [2.75, 3.05) is 23.0 Å². The van der Waals surface area contributed by atoms with Gasteiger partial charge in [-0.3, -0.25) is 0 Å². The molecule has 3 nitrogen and oxygen atoms in total. The summed E-state index contributed by atoms with van der Waals surface area (Å²) in [5.41, 5.74) is 0. The number of hydrogen-bond donors (Lipinski definition) is 2. The fourth-order valence-electron chi connectivity index (χ4n) is 1.80. The van der Waals surface area contributed by atoms with E-state index in [0.29, 0.717) is 17.8 Å². The summed E-state index contributed by atoms with van der Waals surface area (Å²) < 4.78 is 5.05. The van der Waals surface area contributed by atoms with Gasteiger partial charge in [0.25, 0.3) is 0 Å². The molecule has 7 heteroatoms. The Labute approximate surface area is 163 Å². The Bertz CT molecular complexity index is 289. The van der Waals surface area contributed by atoms with Crippen LogP contribution in [0.3, 0.4) is 0 Å². The summed E-state index contributed by atoms with van der Waals surface area (Å²) in [5.74, 6) is 5.79. The van der Waals surface area contributed by atoms with E-state index in [2.05, 4.69) is 41.5 Å². The van der Waals surface area contributed by atoms with Gasteiger partial charge in [-0.05, 0) is 54.3 Å². The minimum atomic E-state index is -1.71. The van der Waals surface area contributed by atoms with Crippen LogP contribution in [0.15, 0.2) is 0 Å². The van der Waals surface area contributed by atoms with Crippen molar-refractivity contribution >= 4 is 42.6 Å². The molecule has 0 saturated carbocycles. The van der Waals surface area contributed by atoms with Crippen LogP contribution < -0.4 is 0 Å². The molecule has 0 rings (SSSR count). The fraction of sp³-hybridized carbons (Fsp3) is 1.00. The first kappa shape index (κ1) is 25.0. The average molecular weight is 396 g/mol. The lowest BCUT2D eigenvalue weighted by atomic mass is 10.2. The summed E-state index contributed by atoms with van der Waals surface area (Å²) in [6.45, 7) is 13.3. The molecule has 0 aromatic heterocycles. The molecule has 24 heavy (non-hydrogen) atoms. The molecule has 0 aromatic carbocycles. The van der Waals surface area contributed by atoms with E-state index >= 15 is 0 Å². The lowest BCUT2D eigenvalue weighted by Crippen LogP contribution is -2.37. The second-order valence-corrected chi connectivity index (χ2v) is 11.5. The van der Waals surface area contributed by atoms with Crippen LogP contribution in [0.25, 0.3) is 0 Å². The number of thioether (sulfide) groups is 3. The summed E-state index contributed by atoms with van der Waals surface area (Å²) in [4.78, 5) is 0. The highest BCUT2D eigenvalue weighted by atomic mass is 32.2. The molecule has 0 amide bonds. The molecule has 0 aliphatic heterocycles. The highest BCUT2D eigenvalue weighted by Crippen LogP contribution is 2.43. The lowest BCUT2D eigenvalue weighted by Gasteiger charge is -2.33. The summed E-state index contributed by atoms with van der Waals surface area (Å²) in [5, 5.41) is 18.9. The van der Waals surface area contributed by atoms with Crippen LogP contribution in [0.1, 0.15) is 60.8 Å². The number of hydrogen-bond acceptors (Lipinski definition) is 6. The molecular weight excluding hydrogens is 359 g/mol. The maximum atomic E-state index is 9.45. The Morgan fingerprint density at radius 2 is 1.21 bits per heavy atom. The molecule has 0 bridgehead atoms. The smallest absolute Gasteiger partial charge is 0.402 e. The Kier molecular flexibility index (Phi) is 14.7. The molecule has 0 heterocycles. The van der Waals surface area contributed by atoms with Gasteiger partial charge in [0.1, 0.15) is 0 Å². The van der Waals surface area contributed by atoms with Crippen molar-refractivity contribution in [1.82, 2.24) is 0 Å². The first-order chi connectivity index (χ1) is 11.2. The third-order valence-electron chi connectivity index (χ3n) is 3.44. The van der Waals surface area contributed by atoms with Gasteiger partial charge in [0.05, 0.1) is 0 Å². The van der Waals surface area contributed by atoms with Crippen molar-refractivity contribution in [1.29, 1.82) is 0 Å². The molecule has 0 fully saturated rings. The predicted molar refractivity (Wildman–Crippen MR) is 115 cm³/mol. The van der Waals surface area contributed by atoms with E-state index < -0.39 is 11.6 Å². The summed E-state index contributed by atoms with van der Waals surface area (Å²) in [6, 6.07) is 0. The quantitative estimate of drug-likeness (QED) is 0.232. The van der Waals surface area contributed by atoms with Gasteiger partial charge in [-0.1, -0.05) is 41.5 Å². The van der Waals surface area contributed by atoms with Crippen LogP contribution in [-0.2, 0) is 4.65 Å². The van der Waals surface area contributed by atoms with Crippen molar-refractivity contribution in [2.45, 2.75) is 65.1 Å². The molecule has 0 unspecified atom stereocenters. The maximum Gasteiger partial charge on any atom is 0.635 e. The highest BCUT2D eigenvalue weighted by Gasteiger charge is 2.36. The predicted octanol–water partition coefficient (Wildman–Crippen LogP) is 4.96. The van der Waals surface area contributed by atoms with Gasteiger partial charge in [0.2, 0.25) is 0 Å². The van der Waals surface area contributed by atoms with Crippen LogP contribution in [-0.4, -0.2) is 44.6 Å². The Balaban J connectivity index is 4.75. The van der Waals surface area contributed by atoms with Crippen molar-refractivity contribution in [2.24, 2.45) is 17.8 Å². The van der Waals surface area contributed by atoms with Crippen molar-refractivity contribution in [3.63, 3.8) is 0 Å². The minimum Gasteiger partial charge on any atom is -0.402 e. The van der Waals surface area contributed by atoms with E-state index in [-0.39, 0.29) is 0 Å². The first-order valence-electron chi connectivity index (χ1n) is 9.06. The summed E-state index contributed by atoms with van der Waals surface area (Å²) in [6.07, 6.45) is 3.40. The van der Waals surface area contributed by atoms with Gasteiger partial charge >= 0.3 is 7.32 Å². The highest BCUT2D eigenvalue weighted by molar-refractivity contribution is 8.19. The zero-order valence-electron chi connectivity index (χ0n) is 16.3. The Morgan fingerprint density at radius 1 is 0.792 bits per heavy atom. The molecule has 0 radical (unpaired) electrons. The van der Waals surface area contributed by atoms with Gasteiger partial charge in [-0.2, -0.15) is 11.8 Å². The van der Waals surface area contributed by atoms with Gasteiger partial charge in [-0.25, -0.2) is 0 Å². The molecule has 0 saturated heterocycles. The van der Waals surface area contributed by atoms with Crippen molar-refractivity contribution in [3.8, 4) is 0 Å². The van der Waals surface area contributed by atoms with Gasteiger partial charge in [-0.15, -0.1) is 23.5 Å². The molecular formula is C17H37BO3S3. The first-order valence-corrected chi connectivity index (χ1v) is 12.2. The third kappa shape index (κ3) is 14.2. The summed E-state index contributed by atoms with van der Waals surface area (Å²) in [7, 11) is -1.71. The molecule has 2 N–H and O–H groups in total. The molecule has 0 atom stereocenters. The topological polar surface area (TPSA) is 49.7 Å². The van der Waals surface area contributed by atoms with Crippen molar-refractivity contribution in [3.05, 3.63) is 0 Å².